The second-order valence-electron chi connectivity index (χ2n) is 7.74. The van der Waals surface area contributed by atoms with Crippen molar-refractivity contribution in [2.45, 2.75) is 50.9 Å². The molecule has 2 unspecified atom stereocenters. The molecule has 0 radical (unpaired) electrons. The van der Waals surface area contributed by atoms with E-state index >= 15 is 0 Å². The Morgan fingerprint density at radius 2 is 1.81 bits per heavy atom. The van der Waals surface area contributed by atoms with Gasteiger partial charge in [-0.3, -0.25) is 4.79 Å². The number of amides is 2. The number of hydrogen-bond acceptors (Lipinski definition) is 3. The van der Waals surface area contributed by atoms with Gasteiger partial charge >= 0.3 is 6.03 Å². The number of aryl methyl sites for hydroxylation is 1. The van der Waals surface area contributed by atoms with Gasteiger partial charge in [0.1, 0.15) is 17.5 Å². The SMILES string of the molecule is CC(=O)SC(Cc1cc(F)cc(F)c1)NC(=O)N1CCCCC1c1ccc(F)cc1C. The van der Waals surface area contributed by atoms with Crippen LogP contribution in [0.15, 0.2) is 36.4 Å². The number of carbonyl (C=O) groups excluding carboxylic acids is 2. The second-order valence-corrected chi connectivity index (χ2v) is 9.11. The molecule has 0 spiro atoms. The van der Waals surface area contributed by atoms with E-state index in [1.807, 2.05) is 6.92 Å². The Kier molecular flexibility index (Phi) is 7.64. The maximum Gasteiger partial charge on any atom is 0.318 e. The average molecular weight is 451 g/mol. The van der Waals surface area contributed by atoms with E-state index in [1.165, 1.54) is 31.2 Å². The van der Waals surface area contributed by atoms with E-state index in [2.05, 4.69) is 5.32 Å². The third kappa shape index (κ3) is 6.26. The van der Waals surface area contributed by atoms with E-state index in [0.717, 1.165) is 48.2 Å². The molecule has 1 N–H and O–H groups in total. The number of urea groups is 1. The Balaban J connectivity index is 1.79. The maximum absolute atomic E-state index is 13.6. The van der Waals surface area contributed by atoms with Gasteiger partial charge in [0, 0.05) is 26.0 Å². The van der Waals surface area contributed by atoms with Crippen molar-refractivity contribution in [3.8, 4) is 0 Å². The predicted molar refractivity (Wildman–Crippen MR) is 115 cm³/mol. The van der Waals surface area contributed by atoms with Gasteiger partial charge in [-0.1, -0.05) is 17.8 Å². The summed E-state index contributed by atoms with van der Waals surface area (Å²) in [7, 11) is 0. The summed E-state index contributed by atoms with van der Waals surface area (Å²) in [4.78, 5) is 26.6. The number of carbonyl (C=O) groups is 2. The first-order valence-corrected chi connectivity index (χ1v) is 11.1. The summed E-state index contributed by atoms with van der Waals surface area (Å²) in [5.74, 6) is -1.75. The molecule has 0 bridgehead atoms. The molecular weight excluding hydrogens is 425 g/mol. The zero-order chi connectivity index (χ0) is 22.5. The zero-order valence-corrected chi connectivity index (χ0v) is 18.3. The van der Waals surface area contributed by atoms with Crippen LogP contribution in [-0.4, -0.2) is 28.0 Å². The molecule has 2 atom stereocenters. The fourth-order valence-corrected chi connectivity index (χ4v) is 4.83. The van der Waals surface area contributed by atoms with Crippen molar-refractivity contribution in [1.29, 1.82) is 0 Å². The number of rotatable bonds is 5. The Bertz CT molecular complexity index is 950. The van der Waals surface area contributed by atoms with Gasteiger partial charge in [-0.05, 0) is 67.1 Å². The van der Waals surface area contributed by atoms with Gasteiger partial charge in [0.05, 0.1) is 11.4 Å². The molecule has 2 aromatic rings. The minimum absolute atomic E-state index is 0.0960. The Labute approximate surface area is 184 Å². The molecule has 0 aromatic heterocycles. The topological polar surface area (TPSA) is 49.4 Å². The molecule has 1 aliphatic rings. The summed E-state index contributed by atoms with van der Waals surface area (Å²) in [6.45, 7) is 3.72. The number of likely N-dealkylation sites (tertiary alicyclic amines) is 1. The zero-order valence-electron chi connectivity index (χ0n) is 17.5. The minimum atomic E-state index is -0.712. The number of piperidine rings is 1. The standard InChI is InChI=1S/C23H25F3N2O2S/c1-14-9-17(24)6-7-20(14)21-5-3-4-8-28(21)23(30)27-22(31-15(2)29)12-16-10-18(25)13-19(26)11-16/h6-7,9-11,13,21-22H,3-5,8,12H2,1-2H3,(H,27,30). The van der Waals surface area contributed by atoms with Gasteiger partial charge < -0.3 is 10.2 Å². The number of hydrogen-bond donors (Lipinski definition) is 1. The summed E-state index contributed by atoms with van der Waals surface area (Å²) in [5.41, 5.74) is 2.01. The lowest BCUT2D eigenvalue weighted by molar-refractivity contribution is -0.109. The van der Waals surface area contributed by atoms with Crippen LogP contribution in [0.1, 0.15) is 48.9 Å². The number of thioether (sulfide) groups is 1. The number of nitrogens with one attached hydrogen (secondary N) is 1. The molecule has 4 nitrogen and oxygen atoms in total. The van der Waals surface area contributed by atoms with Crippen molar-refractivity contribution in [3.63, 3.8) is 0 Å². The van der Waals surface area contributed by atoms with E-state index in [4.69, 9.17) is 0 Å². The van der Waals surface area contributed by atoms with Crippen LogP contribution in [0.2, 0.25) is 0 Å². The van der Waals surface area contributed by atoms with Crippen LogP contribution in [0.4, 0.5) is 18.0 Å². The summed E-state index contributed by atoms with van der Waals surface area (Å²) < 4.78 is 40.7. The van der Waals surface area contributed by atoms with Gasteiger partial charge in [0.2, 0.25) is 0 Å². The summed E-state index contributed by atoms with van der Waals surface area (Å²) in [6, 6.07) is 7.14. The first-order chi connectivity index (χ1) is 14.7. The van der Waals surface area contributed by atoms with Crippen molar-refractivity contribution >= 4 is 22.9 Å². The lowest BCUT2D eigenvalue weighted by Gasteiger charge is -2.37. The van der Waals surface area contributed by atoms with Crippen LogP contribution < -0.4 is 5.32 Å². The van der Waals surface area contributed by atoms with Crippen LogP contribution in [-0.2, 0) is 11.2 Å². The molecule has 1 heterocycles. The van der Waals surface area contributed by atoms with Crippen LogP contribution in [0.3, 0.4) is 0 Å². The molecular formula is C23H25F3N2O2S. The van der Waals surface area contributed by atoms with Gasteiger partial charge in [-0.2, -0.15) is 0 Å². The average Bonchev–Trinajstić information content (AvgIpc) is 2.66. The Morgan fingerprint density at radius 1 is 1.10 bits per heavy atom. The highest BCUT2D eigenvalue weighted by Gasteiger charge is 2.30. The largest absolute Gasteiger partial charge is 0.325 e. The monoisotopic (exact) mass is 450 g/mol. The molecule has 8 heteroatoms. The molecule has 31 heavy (non-hydrogen) atoms. The lowest BCUT2D eigenvalue weighted by atomic mass is 9.92. The van der Waals surface area contributed by atoms with Crippen molar-refractivity contribution in [3.05, 3.63) is 70.5 Å². The van der Waals surface area contributed by atoms with Crippen molar-refractivity contribution < 1.29 is 22.8 Å². The summed E-state index contributed by atoms with van der Waals surface area (Å²) >= 11 is 0.909. The van der Waals surface area contributed by atoms with Gasteiger partial charge in [-0.15, -0.1) is 0 Å². The second kappa shape index (κ2) is 10.2. The van der Waals surface area contributed by atoms with E-state index in [9.17, 15) is 22.8 Å². The molecule has 2 aromatic carbocycles. The quantitative estimate of drug-likeness (QED) is 0.612. The molecule has 3 rings (SSSR count). The third-order valence-corrected chi connectivity index (χ3v) is 6.19. The number of nitrogens with zero attached hydrogens (tertiary/aromatic N) is 1. The molecule has 1 saturated heterocycles. The minimum Gasteiger partial charge on any atom is -0.325 e. The van der Waals surface area contributed by atoms with E-state index < -0.39 is 17.0 Å². The molecule has 2 amide bonds. The molecule has 1 aliphatic heterocycles. The Morgan fingerprint density at radius 3 is 2.45 bits per heavy atom. The maximum atomic E-state index is 13.6. The van der Waals surface area contributed by atoms with E-state index in [-0.39, 0.29) is 29.4 Å². The van der Waals surface area contributed by atoms with E-state index in [1.54, 1.807) is 11.0 Å². The number of halogens is 3. The van der Waals surface area contributed by atoms with Crippen LogP contribution in [0, 0.1) is 24.4 Å². The first kappa shape index (κ1) is 23.2. The summed E-state index contributed by atoms with van der Waals surface area (Å²) in [6.07, 6.45) is 2.63. The van der Waals surface area contributed by atoms with Crippen LogP contribution >= 0.6 is 11.8 Å². The van der Waals surface area contributed by atoms with E-state index in [0.29, 0.717) is 12.1 Å². The van der Waals surface area contributed by atoms with Gasteiger partial charge in [0.15, 0.2) is 5.12 Å². The summed E-state index contributed by atoms with van der Waals surface area (Å²) in [5, 5.41) is 1.95. The number of benzene rings is 2. The Hall–Kier alpha value is -2.48. The smallest absolute Gasteiger partial charge is 0.318 e. The third-order valence-electron chi connectivity index (χ3n) is 5.29. The van der Waals surface area contributed by atoms with Crippen molar-refractivity contribution in [1.82, 2.24) is 10.2 Å². The molecule has 166 valence electrons. The normalized spacial score (nSPS) is 17.3. The molecule has 0 aliphatic carbocycles. The highest BCUT2D eigenvalue weighted by atomic mass is 32.2. The lowest BCUT2D eigenvalue weighted by Crippen LogP contribution is -2.48. The first-order valence-electron chi connectivity index (χ1n) is 10.2. The molecule has 0 saturated carbocycles. The van der Waals surface area contributed by atoms with Crippen LogP contribution in [0.5, 0.6) is 0 Å². The van der Waals surface area contributed by atoms with Crippen LogP contribution in [0.25, 0.3) is 0 Å². The van der Waals surface area contributed by atoms with Gasteiger partial charge in [-0.25, -0.2) is 18.0 Å². The van der Waals surface area contributed by atoms with Crippen molar-refractivity contribution in [2.24, 2.45) is 0 Å². The van der Waals surface area contributed by atoms with Gasteiger partial charge in [0.25, 0.3) is 0 Å². The molecule has 1 fully saturated rings. The highest BCUT2D eigenvalue weighted by molar-refractivity contribution is 8.14. The predicted octanol–water partition coefficient (Wildman–Crippen LogP) is 5.50. The fraction of sp³-hybridized carbons (Fsp3) is 0.391. The fourth-order valence-electron chi connectivity index (χ4n) is 4.00. The van der Waals surface area contributed by atoms with Crippen molar-refractivity contribution in [2.75, 3.05) is 6.54 Å². The highest BCUT2D eigenvalue weighted by Crippen LogP contribution is 2.33.